The molecule has 1 aliphatic heterocycles. The Kier molecular flexibility index (Phi) is 5.43. The highest BCUT2D eigenvalue weighted by Crippen LogP contribution is 2.31. The van der Waals surface area contributed by atoms with Crippen LogP contribution in [0.1, 0.15) is 23.7 Å². The normalized spacial score (nSPS) is 17.5. The van der Waals surface area contributed by atoms with Gasteiger partial charge in [0.1, 0.15) is 17.1 Å². The van der Waals surface area contributed by atoms with Crippen molar-refractivity contribution < 1.29 is 23.4 Å². The molecule has 1 aromatic carbocycles. The van der Waals surface area contributed by atoms with Crippen LogP contribution in [0.4, 0.5) is 14.5 Å². The first-order valence-electron chi connectivity index (χ1n) is 8.74. The van der Waals surface area contributed by atoms with Gasteiger partial charge < -0.3 is 25.0 Å². The van der Waals surface area contributed by atoms with E-state index in [0.29, 0.717) is 26.1 Å². The van der Waals surface area contributed by atoms with Crippen molar-refractivity contribution in [1.82, 2.24) is 4.57 Å². The molecule has 0 saturated carbocycles. The van der Waals surface area contributed by atoms with Crippen molar-refractivity contribution in [2.75, 3.05) is 31.1 Å². The lowest BCUT2D eigenvalue weighted by Gasteiger charge is -2.35. The third kappa shape index (κ3) is 3.40. The van der Waals surface area contributed by atoms with Crippen LogP contribution in [0.5, 0.6) is 0 Å². The number of hydrogen-bond acceptors (Lipinski definition) is 5. The van der Waals surface area contributed by atoms with E-state index in [1.165, 1.54) is 4.57 Å². The number of carboxylic acids is 1. The van der Waals surface area contributed by atoms with Crippen LogP contribution in [0, 0.1) is 11.6 Å². The summed E-state index contributed by atoms with van der Waals surface area (Å²) in [5, 5.41) is 8.90. The number of anilines is 1. The summed E-state index contributed by atoms with van der Waals surface area (Å²) >= 11 is 0. The van der Waals surface area contributed by atoms with Gasteiger partial charge in [-0.15, -0.1) is 0 Å². The third-order valence-electron chi connectivity index (χ3n) is 4.74. The minimum Gasteiger partial charge on any atom is -0.477 e. The van der Waals surface area contributed by atoms with Crippen LogP contribution in [-0.4, -0.2) is 48.0 Å². The van der Waals surface area contributed by atoms with Crippen LogP contribution in [-0.2, 0) is 11.3 Å². The number of aromatic nitrogens is 1. The summed E-state index contributed by atoms with van der Waals surface area (Å²) in [4.78, 5) is 25.2. The van der Waals surface area contributed by atoms with Gasteiger partial charge in [0.2, 0.25) is 5.43 Å². The maximum atomic E-state index is 15.3. The second kappa shape index (κ2) is 7.61. The van der Waals surface area contributed by atoms with Gasteiger partial charge in [-0.3, -0.25) is 4.79 Å². The van der Waals surface area contributed by atoms with Crippen LogP contribution < -0.4 is 16.1 Å². The Morgan fingerprint density at radius 2 is 2.19 bits per heavy atom. The first-order valence-corrected chi connectivity index (χ1v) is 8.74. The Morgan fingerprint density at radius 1 is 1.44 bits per heavy atom. The second-order valence-electron chi connectivity index (χ2n) is 6.40. The summed E-state index contributed by atoms with van der Waals surface area (Å²) in [5.74, 6) is -3.23. The predicted octanol–water partition coefficient (Wildman–Crippen LogP) is 1.55. The quantitative estimate of drug-likeness (QED) is 0.816. The Labute approximate surface area is 153 Å². The highest BCUT2D eigenvalue weighted by atomic mass is 19.1. The average molecular weight is 381 g/mol. The first kappa shape index (κ1) is 19.2. The number of carboxylic acid groups (broad SMARTS) is 1. The van der Waals surface area contributed by atoms with E-state index in [2.05, 4.69) is 0 Å². The van der Waals surface area contributed by atoms with E-state index in [1.807, 2.05) is 0 Å². The van der Waals surface area contributed by atoms with E-state index in [0.717, 1.165) is 12.3 Å². The lowest BCUT2D eigenvalue weighted by Crippen LogP contribution is -2.44. The highest BCUT2D eigenvalue weighted by molar-refractivity contribution is 5.93. The van der Waals surface area contributed by atoms with Crippen molar-refractivity contribution in [3.05, 3.63) is 39.7 Å². The Bertz CT molecular complexity index is 943. The van der Waals surface area contributed by atoms with Gasteiger partial charge in [0.05, 0.1) is 23.6 Å². The number of rotatable bonds is 5. The van der Waals surface area contributed by atoms with Gasteiger partial charge in [-0.05, 0) is 26.0 Å². The molecule has 1 atom stereocenters. The minimum absolute atomic E-state index is 0.106. The standard InChI is InChI=1S/C18H21F2N3O4/c1-2-22-9-12(18(25)26)17(24)11-7-13(19)16(14(20)15(11)22)23-5-6-27-10(8-23)3-4-21/h7,9-10H,2-6,8,21H2,1H3,(H,25,26). The number of halogens is 2. The number of fused-ring (bicyclic) bond motifs is 1. The molecular formula is C18H21F2N3O4. The van der Waals surface area contributed by atoms with E-state index in [-0.39, 0.29) is 35.8 Å². The fourth-order valence-electron chi connectivity index (χ4n) is 3.45. The molecule has 1 saturated heterocycles. The molecule has 7 nitrogen and oxygen atoms in total. The second-order valence-corrected chi connectivity index (χ2v) is 6.40. The molecule has 3 N–H and O–H groups in total. The van der Waals surface area contributed by atoms with E-state index in [1.54, 1.807) is 11.8 Å². The van der Waals surface area contributed by atoms with Gasteiger partial charge in [-0.1, -0.05) is 0 Å². The molecule has 0 spiro atoms. The molecule has 1 fully saturated rings. The maximum absolute atomic E-state index is 15.3. The number of hydrogen-bond donors (Lipinski definition) is 2. The molecule has 0 aliphatic carbocycles. The van der Waals surface area contributed by atoms with Crippen LogP contribution >= 0.6 is 0 Å². The molecule has 27 heavy (non-hydrogen) atoms. The molecule has 0 radical (unpaired) electrons. The molecule has 1 aromatic heterocycles. The molecule has 1 aliphatic rings. The molecular weight excluding hydrogens is 360 g/mol. The number of nitrogens with zero attached hydrogens (tertiary/aromatic N) is 2. The van der Waals surface area contributed by atoms with Crippen molar-refractivity contribution in [2.24, 2.45) is 5.73 Å². The van der Waals surface area contributed by atoms with Crippen LogP contribution in [0.15, 0.2) is 17.1 Å². The van der Waals surface area contributed by atoms with Crippen LogP contribution in [0.2, 0.25) is 0 Å². The number of aromatic carboxylic acids is 1. The van der Waals surface area contributed by atoms with E-state index < -0.39 is 28.6 Å². The first-order chi connectivity index (χ1) is 12.9. The predicted molar refractivity (Wildman–Crippen MR) is 96.4 cm³/mol. The number of benzene rings is 1. The lowest BCUT2D eigenvalue weighted by molar-refractivity contribution is 0.0364. The number of aryl methyl sites for hydroxylation is 1. The van der Waals surface area contributed by atoms with Crippen LogP contribution in [0.25, 0.3) is 10.9 Å². The summed E-state index contributed by atoms with van der Waals surface area (Å²) in [5.41, 5.74) is 3.76. The summed E-state index contributed by atoms with van der Waals surface area (Å²) < 4.78 is 37.0. The van der Waals surface area contributed by atoms with Crippen LogP contribution in [0.3, 0.4) is 0 Å². The number of nitrogens with two attached hydrogens (primary N) is 1. The van der Waals surface area contributed by atoms with E-state index >= 15 is 4.39 Å². The zero-order chi connectivity index (χ0) is 19.7. The van der Waals surface area contributed by atoms with E-state index in [4.69, 9.17) is 10.5 Å². The zero-order valence-corrected chi connectivity index (χ0v) is 14.9. The zero-order valence-electron chi connectivity index (χ0n) is 14.9. The van der Waals surface area contributed by atoms with Gasteiger partial charge in [0.25, 0.3) is 0 Å². The van der Waals surface area contributed by atoms with Crippen molar-refractivity contribution in [1.29, 1.82) is 0 Å². The third-order valence-corrected chi connectivity index (χ3v) is 4.74. The maximum Gasteiger partial charge on any atom is 0.341 e. The fraction of sp³-hybridized carbons (Fsp3) is 0.444. The van der Waals surface area contributed by atoms with Gasteiger partial charge in [0.15, 0.2) is 5.82 Å². The molecule has 9 heteroatoms. The van der Waals surface area contributed by atoms with Crippen molar-refractivity contribution in [3.63, 3.8) is 0 Å². The molecule has 1 unspecified atom stereocenters. The van der Waals surface area contributed by atoms with Gasteiger partial charge in [-0.25, -0.2) is 13.6 Å². The lowest BCUT2D eigenvalue weighted by atomic mass is 10.1. The van der Waals surface area contributed by atoms with Gasteiger partial charge in [-0.2, -0.15) is 0 Å². The van der Waals surface area contributed by atoms with E-state index in [9.17, 15) is 19.1 Å². The van der Waals surface area contributed by atoms with Crippen molar-refractivity contribution in [3.8, 4) is 0 Å². The topological polar surface area (TPSA) is 97.8 Å². The summed E-state index contributed by atoms with van der Waals surface area (Å²) in [6, 6.07) is 0.919. The molecule has 0 amide bonds. The number of morpholine rings is 1. The average Bonchev–Trinajstić information content (AvgIpc) is 2.63. The number of pyridine rings is 1. The minimum atomic E-state index is -1.44. The molecule has 2 aromatic rings. The Morgan fingerprint density at radius 3 is 2.81 bits per heavy atom. The Hall–Kier alpha value is -2.52. The monoisotopic (exact) mass is 381 g/mol. The largest absolute Gasteiger partial charge is 0.477 e. The van der Waals surface area contributed by atoms with Gasteiger partial charge >= 0.3 is 5.97 Å². The smallest absolute Gasteiger partial charge is 0.341 e. The number of carbonyl (C=O) groups is 1. The molecule has 146 valence electrons. The SMILES string of the molecule is CCn1cc(C(=O)O)c(=O)c2cc(F)c(N3CCOC(CCN)C3)c(F)c21. The number of ether oxygens (including phenoxy) is 1. The Balaban J connectivity index is 2.20. The molecule has 2 heterocycles. The fourth-order valence-corrected chi connectivity index (χ4v) is 3.45. The van der Waals surface area contributed by atoms with Crippen molar-refractivity contribution in [2.45, 2.75) is 26.0 Å². The molecule has 3 rings (SSSR count). The van der Waals surface area contributed by atoms with Crippen molar-refractivity contribution >= 4 is 22.6 Å². The summed E-state index contributed by atoms with van der Waals surface area (Å²) in [6.45, 7) is 3.18. The summed E-state index contributed by atoms with van der Waals surface area (Å²) in [7, 11) is 0. The van der Waals surface area contributed by atoms with Gasteiger partial charge in [0, 0.05) is 25.8 Å². The highest BCUT2D eigenvalue weighted by Gasteiger charge is 2.28. The summed E-state index contributed by atoms with van der Waals surface area (Å²) in [6.07, 6.45) is 1.42. The molecule has 0 bridgehead atoms.